The minimum absolute atomic E-state index is 0.00404. The number of amides is 2. The number of esters is 1. The van der Waals surface area contributed by atoms with Gasteiger partial charge >= 0.3 is 5.97 Å². The number of sulfonamides is 1. The predicted octanol–water partition coefficient (Wildman–Crippen LogP) is 1.52. The van der Waals surface area contributed by atoms with Crippen molar-refractivity contribution in [2.45, 2.75) is 31.3 Å². The lowest BCUT2D eigenvalue weighted by atomic mass is 9.97. The summed E-state index contributed by atoms with van der Waals surface area (Å²) in [5.74, 6) is -2.07. The number of primary amides is 1. The van der Waals surface area contributed by atoms with Crippen LogP contribution in [0.1, 0.15) is 35.9 Å². The number of hydrogen-bond acceptors (Lipinski definition) is 7. The van der Waals surface area contributed by atoms with Crippen molar-refractivity contribution in [3.05, 3.63) is 47.7 Å². The van der Waals surface area contributed by atoms with E-state index in [4.69, 9.17) is 14.9 Å². The molecule has 10 nitrogen and oxygen atoms in total. The molecule has 2 aromatic rings. The number of ether oxygens (including phenoxy) is 1. The lowest BCUT2D eigenvalue weighted by molar-refractivity contribution is -0.121. The Bertz CT molecular complexity index is 1100. The zero-order chi connectivity index (χ0) is 23.3. The molecule has 0 unspecified atom stereocenters. The molecule has 0 spiro atoms. The quantitative estimate of drug-likeness (QED) is 0.564. The van der Waals surface area contributed by atoms with E-state index < -0.39 is 27.8 Å². The molecular formula is C21H25N3O7S. The minimum atomic E-state index is -3.94. The molecule has 1 aliphatic heterocycles. The van der Waals surface area contributed by atoms with Crippen LogP contribution in [0.25, 0.3) is 0 Å². The van der Waals surface area contributed by atoms with Crippen LogP contribution in [0.5, 0.6) is 0 Å². The number of anilines is 1. The molecule has 3 N–H and O–H groups in total. The van der Waals surface area contributed by atoms with Gasteiger partial charge < -0.3 is 20.2 Å². The van der Waals surface area contributed by atoms with Crippen molar-refractivity contribution in [3.63, 3.8) is 0 Å². The van der Waals surface area contributed by atoms with Crippen molar-refractivity contribution < 1.29 is 32.0 Å². The third-order valence-corrected chi connectivity index (χ3v) is 6.89. The molecular weight excluding hydrogens is 438 g/mol. The number of nitrogens with zero attached hydrogens (tertiary/aromatic N) is 1. The van der Waals surface area contributed by atoms with Gasteiger partial charge in [0.2, 0.25) is 22.7 Å². The van der Waals surface area contributed by atoms with Crippen LogP contribution in [0.3, 0.4) is 0 Å². The lowest BCUT2D eigenvalue weighted by Gasteiger charge is -2.30. The Balaban J connectivity index is 1.62. The first-order valence-electron chi connectivity index (χ1n) is 10.2. The molecule has 0 atom stereocenters. The topological polar surface area (TPSA) is 149 Å². The van der Waals surface area contributed by atoms with Crippen LogP contribution in [-0.4, -0.2) is 50.2 Å². The first-order chi connectivity index (χ1) is 15.2. The highest BCUT2D eigenvalue weighted by Crippen LogP contribution is 2.27. The first kappa shape index (κ1) is 23.5. The summed E-state index contributed by atoms with van der Waals surface area (Å²) in [6, 6.07) is 9.37. The van der Waals surface area contributed by atoms with E-state index in [-0.39, 0.29) is 42.9 Å². The second-order valence-corrected chi connectivity index (χ2v) is 9.18. The molecule has 1 aromatic carbocycles. The standard InChI is InChI=1S/C21H25N3O7S/c1-2-30-21(27)17-7-8-19(31-17)32(28,29)24-11-9-14(10-12-24)20(26)23-16-6-4-3-5-15(16)13-18(22)25/h3-8,14H,2,9-13H2,1H3,(H2,22,25)(H,23,26). The summed E-state index contributed by atoms with van der Waals surface area (Å²) >= 11 is 0. The fraction of sp³-hybridized carbons (Fsp3) is 0.381. The molecule has 1 saturated heterocycles. The molecule has 0 bridgehead atoms. The van der Waals surface area contributed by atoms with Crippen LogP contribution < -0.4 is 11.1 Å². The molecule has 2 heterocycles. The third-order valence-electron chi connectivity index (χ3n) is 5.12. The summed E-state index contributed by atoms with van der Waals surface area (Å²) in [6.07, 6.45) is 0.632. The van der Waals surface area contributed by atoms with Crippen LogP contribution in [0.4, 0.5) is 5.69 Å². The van der Waals surface area contributed by atoms with E-state index in [0.717, 1.165) is 0 Å². The Labute approximate surface area is 185 Å². The van der Waals surface area contributed by atoms with Crippen molar-refractivity contribution in [1.29, 1.82) is 0 Å². The van der Waals surface area contributed by atoms with Gasteiger partial charge in [0.1, 0.15) is 0 Å². The summed E-state index contributed by atoms with van der Waals surface area (Å²) in [5, 5.41) is 2.47. The average Bonchev–Trinajstić information content (AvgIpc) is 3.26. The van der Waals surface area contributed by atoms with E-state index in [2.05, 4.69) is 5.32 Å². The summed E-state index contributed by atoms with van der Waals surface area (Å²) in [5.41, 5.74) is 6.38. The van der Waals surface area contributed by atoms with Crippen molar-refractivity contribution in [2.24, 2.45) is 11.7 Å². The third kappa shape index (κ3) is 5.35. The number of carbonyl (C=O) groups is 3. The molecule has 0 saturated carbocycles. The zero-order valence-corrected chi connectivity index (χ0v) is 18.4. The molecule has 0 radical (unpaired) electrons. The molecule has 11 heteroatoms. The summed E-state index contributed by atoms with van der Waals surface area (Å²) in [7, 11) is -3.94. The fourth-order valence-corrected chi connectivity index (χ4v) is 4.86. The molecule has 2 amide bonds. The monoisotopic (exact) mass is 463 g/mol. The van der Waals surface area contributed by atoms with Crippen LogP contribution in [0.2, 0.25) is 0 Å². The molecule has 1 fully saturated rings. The van der Waals surface area contributed by atoms with E-state index >= 15 is 0 Å². The van der Waals surface area contributed by atoms with E-state index in [0.29, 0.717) is 24.1 Å². The highest BCUT2D eigenvalue weighted by atomic mass is 32.2. The normalized spacial score (nSPS) is 15.3. The summed E-state index contributed by atoms with van der Waals surface area (Å²) in [4.78, 5) is 35.7. The Kier molecular flexibility index (Phi) is 7.31. The average molecular weight is 464 g/mol. The minimum Gasteiger partial charge on any atom is -0.460 e. The maximum atomic E-state index is 12.8. The predicted molar refractivity (Wildman–Crippen MR) is 114 cm³/mol. The van der Waals surface area contributed by atoms with E-state index in [9.17, 15) is 22.8 Å². The maximum absolute atomic E-state index is 12.8. The molecule has 172 valence electrons. The van der Waals surface area contributed by atoms with Gasteiger partial charge in [0.15, 0.2) is 0 Å². The number of nitrogens with two attached hydrogens (primary N) is 1. The van der Waals surface area contributed by atoms with Gasteiger partial charge in [-0.1, -0.05) is 18.2 Å². The SMILES string of the molecule is CCOC(=O)c1ccc(S(=O)(=O)N2CCC(C(=O)Nc3ccccc3CC(N)=O)CC2)o1. The molecule has 3 rings (SSSR count). The number of furan rings is 1. The van der Waals surface area contributed by atoms with E-state index in [1.54, 1.807) is 31.2 Å². The largest absolute Gasteiger partial charge is 0.460 e. The number of para-hydroxylation sites is 1. The van der Waals surface area contributed by atoms with Gasteiger partial charge in [0.05, 0.1) is 13.0 Å². The second-order valence-electron chi connectivity index (χ2n) is 7.31. The Morgan fingerprint density at radius 2 is 1.84 bits per heavy atom. The lowest BCUT2D eigenvalue weighted by Crippen LogP contribution is -2.41. The number of carbonyl (C=O) groups excluding carboxylic acids is 3. The molecule has 1 aromatic heterocycles. The summed E-state index contributed by atoms with van der Waals surface area (Å²) < 4.78 is 36.9. The smallest absolute Gasteiger partial charge is 0.374 e. The van der Waals surface area contributed by atoms with Crippen molar-refractivity contribution >= 4 is 33.5 Å². The van der Waals surface area contributed by atoms with Crippen LogP contribution in [-0.2, 0) is 30.8 Å². The zero-order valence-electron chi connectivity index (χ0n) is 17.6. The fourth-order valence-electron chi connectivity index (χ4n) is 3.48. The van der Waals surface area contributed by atoms with Crippen molar-refractivity contribution in [3.8, 4) is 0 Å². The van der Waals surface area contributed by atoms with E-state index in [1.807, 2.05) is 0 Å². The Hall–Kier alpha value is -3.18. The molecule has 0 aliphatic carbocycles. The molecule has 32 heavy (non-hydrogen) atoms. The van der Waals surface area contributed by atoms with Gasteiger partial charge in [-0.15, -0.1) is 0 Å². The molecule has 1 aliphatic rings. The van der Waals surface area contributed by atoms with Gasteiger partial charge in [-0.25, -0.2) is 13.2 Å². The Morgan fingerprint density at radius 1 is 1.16 bits per heavy atom. The first-order valence-corrected chi connectivity index (χ1v) is 11.6. The highest BCUT2D eigenvalue weighted by Gasteiger charge is 2.34. The number of rotatable bonds is 8. The van der Waals surface area contributed by atoms with E-state index in [1.165, 1.54) is 16.4 Å². The van der Waals surface area contributed by atoms with Gasteiger partial charge in [-0.2, -0.15) is 4.31 Å². The number of nitrogens with one attached hydrogen (secondary N) is 1. The van der Waals surface area contributed by atoms with Gasteiger partial charge in [0.25, 0.3) is 10.0 Å². The van der Waals surface area contributed by atoms with Crippen LogP contribution >= 0.6 is 0 Å². The highest BCUT2D eigenvalue weighted by molar-refractivity contribution is 7.89. The van der Waals surface area contributed by atoms with Gasteiger partial charge in [-0.05, 0) is 43.5 Å². The van der Waals surface area contributed by atoms with Crippen LogP contribution in [0.15, 0.2) is 45.9 Å². The van der Waals surface area contributed by atoms with Gasteiger partial charge in [-0.3, -0.25) is 9.59 Å². The number of hydrogen-bond donors (Lipinski definition) is 2. The Morgan fingerprint density at radius 3 is 2.50 bits per heavy atom. The summed E-state index contributed by atoms with van der Waals surface area (Å²) in [6.45, 7) is 2.02. The van der Waals surface area contributed by atoms with Crippen LogP contribution in [0, 0.1) is 5.92 Å². The van der Waals surface area contributed by atoms with Crippen molar-refractivity contribution in [1.82, 2.24) is 4.31 Å². The van der Waals surface area contributed by atoms with Gasteiger partial charge in [0, 0.05) is 24.7 Å². The maximum Gasteiger partial charge on any atom is 0.374 e. The number of piperidine rings is 1. The number of benzene rings is 1. The van der Waals surface area contributed by atoms with Crippen molar-refractivity contribution in [2.75, 3.05) is 25.0 Å². The second kappa shape index (κ2) is 9.96.